The van der Waals surface area contributed by atoms with Crippen molar-refractivity contribution in [3.8, 4) is 0 Å². The Morgan fingerprint density at radius 1 is 0.556 bits per heavy atom. The minimum Gasteiger partial charge on any atom is -0.338 e. The predicted octanol–water partition coefficient (Wildman–Crippen LogP) is 6.99. The van der Waals surface area contributed by atoms with Gasteiger partial charge in [0, 0.05) is 39.1 Å². The zero-order valence-corrected chi connectivity index (χ0v) is 16.9. The Bertz CT molecular complexity index is 461. The summed E-state index contributed by atoms with van der Waals surface area (Å²) in [6.07, 6.45) is -12.6. The number of alkyl halides is 12. The summed E-state index contributed by atoms with van der Waals surface area (Å²) in [7, 11) is 0. The van der Waals surface area contributed by atoms with Gasteiger partial charge < -0.3 is 6.92 Å². The van der Waals surface area contributed by atoms with Crippen LogP contribution in [0.2, 0.25) is 0 Å². The van der Waals surface area contributed by atoms with E-state index >= 15 is 0 Å². The Kier molecular flexibility index (Phi) is 10.2. The molecule has 0 aliphatic heterocycles. The Labute approximate surface area is 173 Å². The van der Waals surface area contributed by atoms with Gasteiger partial charge in [0.05, 0.1) is 19.3 Å². The summed E-state index contributed by atoms with van der Waals surface area (Å²) in [6, 6.07) is 0. The van der Waals surface area contributed by atoms with Crippen molar-refractivity contribution in [3.05, 3.63) is 6.92 Å². The molecular weight excluding hydrogens is 485 g/mol. The largest absolute Gasteiger partial charge is 0.338 e. The van der Waals surface area contributed by atoms with Gasteiger partial charge in [-0.05, 0) is 0 Å². The maximum absolute atomic E-state index is 13.4. The minimum atomic E-state index is -6.00. The van der Waals surface area contributed by atoms with E-state index in [1.54, 1.807) is 0 Å². The molecule has 0 aromatic heterocycles. The summed E-state index contributed by atoms with van der Waals surface area (Å²) >= 11 is 0. The quantitative estimate of drug-likeness (QED) is 0.211. The van der Waals surface area contributed by atoms with Crippen molar-refractivity contribution in [2.45, 2.75) is 81.0 Å². The second-order valence-corrected chi connectivity index (χ2v) is 6.06. The van der Waals surface area contributed by atoms with E-state index in [9.17, 15) is 52.7 Å². The van der Waals surface area contributed by atoms with Crippen molar-refractivity contribution < 1.29 is 85.4 Å². The summed E-state index contributed by atoms with van der Waals surface area (Å²) < 4.78 is 159. The fourth-order valence-electron chi connectivity index (χ4n) is 1.99. The molecule has 0 unspecified atom stereocenters. The van der Waals surface area contributed by atoms with E-state index in [4.69, 9.17) is 0 Å². The zero-order chi connectivity index (χ0) is 21.2. The first-order chi connectivity index (χ1) is 11.2. The Morgan fingerprint density at radius 3 is 1.15 bits per heavy atom. The topological polar surface area (TPSA) is 0 Å². The molecule has 0 aliphatic carbocycles. The van der Waals surface area contributed by atoms with E-state index < -0.39 is 74.1 Å². The second kappa shape index (κ2) is 9.38. The molecule has 0 amide bonds. The van der Waals surface area contributed by atoms with Crippen LogP contribution in [0.25, 0.3) is 0 Å². The molecule has 0 heterocycles. The van der Waals surface area contributed by atoms with Crippen LogP contribution in [0.1, 0.15) is 45.4 Å². The Hall–Kier alpha value is 0.264. The monoisotopic (exact) mass is 502 g/mol. The van der Waals surface area contributed by atoms with Crippen molar-refractivity contribution in [1.29, 1.82) is 0 Å². The predicted molar refractivity (Wildman–Crippen MR) is 68.4 cm³/mol. The van der Waals surface area contributed by atoms with E-state index in [1.807, 2.05) is 0 Å². The van der Waals surface area contributed by atoms with E-state index in [-0.39, 0.29) is 32.7 Å². The van der Waals surface area contributed by atoms with Gasteiger partial charge in [0.25, 0.3) is 5.92 Å². The van der Waals surface area contributed by atoms with Crippen molar-refractivity contribution in [2.24, 2.45) is 0 Å². The third kappa shape index (κ3) is 8.26. The number of rotatable bonds is 11. The molecule has 0 spiro atoms. The van der Waals surface area contributed by atoms with E-state index in [1.165, 1.54) is 0 Å². The fraction of sp³-hybridized carbons (Fsp3) is 0.929. The zero-order valence-electron chi connectivity index (χ0n) is 14.1. The van der Waals surface area contributed by atoms with Crippen molar-refractivity contribution in [2.75, 3.05) is 0 Å². The van der Waals surface area contributed by atoms with Gasteiger partial charge in [0.1, 0.15) is 0 Å². The van der Waals surface area contributed by atoms with Crippen molar-refractivity contribution >= 4 is 0 Å². The van der Waals surface area contributed by atoms with Gasteiger partial charge in [-0.2, -0.15) is 35.1 Å². The number of hydrogen-bond acceptors (Lipinski definition) is 0. The first kappa shape index (κ1) is 29.5. The molecule has 27 heavy (non-hydrogen) atoms. The maximum Gasteiger partial charge on any atom is 0.316 e. The average Bonchev–Trinajstić information content (AvgIpc) is 2.34. The minimum absolute atomic E-state index is 0. The molecular formula is C14H17F12Y-. The molecule has 0 aromatic rings. The SMILES string of the molecule is [CH2-]CC(F)(F)CC(F)(F)C(F)(F)CC(F)(F)C(F)(F)CC(F)(F)CCC.[Y]. The summed E-state index contributed by atoms with van der Waals surface area (Å²) in [5, 5.41) is 0. The molecule has 1 radical (unpaired) electrons. The second-order valence-electron chi connectivity index (χ2n) is 6.06. The normalized spacial score (nSPS) is 14.9. The molecule has 0 atom stereocenters. The average molecular weight is 502 g/mol. The van der Waals surface area contributed by atoms with Gasteiger partial charge in [-0.15, -0.1) is 6.42 Å². The van der Waals surface area contributed by atoms with Gasteiger partial charge in [-0.1, -0.05) is 13.3 Å². The van der Waals surface area contributed by atoms with Crippen LogP contribution >= 0.6 is 0 Å². The van der Waals surface area contributed by atoms with Gasteiger partial charge in [0.15, 0.2) is 0 Å². The molecule has 0 N–H and O–H groups in total. The molecule has 161 valence electrons. The Morgan fingerprint density at radius 2 is 0.852 bits per heavy atom. The molecule has 0 saturated carbocycles. The first-order valence-corrected chi connectivity index (χ1v) is 7.30. The number of halogens is 12. The smallest absolute Gasteiger partial charge is 0.316 e. The molecule has 0 nitrogen and oxygen atoms in total. The third-order valence-corrected chi connectivity index (χ3v) is 3.46. The van der Waals surface area contributed by atoms with Crippen LogP contribution in [-0.2, 0) is 32.7 Å². The molecule has 0 rings (SSSR count). The van der Waals surface area contributed by atoms with Crippen LogP contribution in [0.4, 0.5) is 52.7 Å². The molecule has 0 aliphatic rings. The molecule has 13 heteroatoms. The summed E-state index contributed by atoms with van der Waals surface area (Å²) in [6.45, 7) is 3.63. The molecule has 0 fully saturated rings. The van der Waals surface area contributed by atoms with Crippen molar-refractivity contribution in [3.63, 3.8) is 0 Å². The molecule has 0 saturated heterocycles. The van der Waals surface area contributed by atoms with Gasteiger partial charge in [0.2, 0.25) is 5.92 Å². The maximum atomic E-state index is 13.4. The third-order valence-electron chi connectivity index (χ3n) is 3.46. The Balaban J connectivity index is 0. The summed E-state index contributed by atoms with van der Waals surface area (Å²) in [4.78, 5) is 0. The van der Waals surface area contributed by atoms with Crippen molar-refractivity contribution in [1.82, 2.24) is 0 Å². The molecule has 0 bridgehead atoms. The van der Waals surface area contributed by atoms with Gasteiger partial charge in [-0.3, -0.25) is 0 Å². The van der Waals surface area contributed by atoms with Gasteiger partial charge in [-0.25, -0.2) is 17.6 Å². The van der Waals surface area contributed by atoms with Crippen LogP contribution in [0.5, 0.6) is 0 Å². The summed E-state index contributed by atoms with van der Waals surface area (Å²) in [5.74, 6) is -32.4. The van der Waals surface area contributed by atoms with E-state index in [0.717, 1.165) is 6.92 Å². The fourth-order valence-corrected chi connectivity index (χ4v) is 1.99. The first-order valence-electron chi connectivity index (χ1n) is 7.30. The standard InChI is InChI=1S/C14H17F12.Y/c1-3-5-10(17,18)7-12(21,22)14(25,26)8-13(23,24)11(19,20)6-9(15,16)4-2;/h2-8H2,1H3;/q-1;. The van der Waals surface area contributed by atoms with E-state index in [0.29, 0.717) is 0 Å². The van der Waals surface area contributed by atoms with Gasteiger partial charge >= 0.3 is 23.7 Å². The van der Waals surface area contributed by atoms with Crippen LogP contribution in [0, 0.1) is 6.92 Å². The number of hydrogen-bond donors (Lipinski definition) is 0. The summed E-state index contributed by atoms with van der Waals surface area (Å²) in [5.41, 5.74) is 0. The van der Waals surface area contributed by atoms with Crippen LogP contribution < -0.4 is 0 Å². The van der Waals surface area contributed by atoms with E-state index in [2.05, 4.69) is 6.92 Å². The van der Waals surface area contributed by atoms with Crippen LogP contribution in [0.15, 0.2) is 0 Å². The molecule has 0 aromatic carbocycles. The van der Waals surface area contributed by atoms with Crippen LogP contribution in [0.3, 0.4) is 0 Å². The van der Waals surface area contributed by atoms with Crippen LogP contribution in [-0.4, -0.2) is 35.5 Å².